The van der Waals surface area contributed by atoms with Gasteiger partial charge in [0.1, 0.15) is 4.90 Å². The smallest absolute Gasteiger partial charge is 0.267 e. The maximum Gasteiger partial charge on any atom is 0.267 e. The van der Waals surface area contributed by atoms with Crippen molar-refractivity contribution in [3.8, 4) is 0 Å². The first kappa shape index (κ1) is 13.1. The maximum absolute atomic E-state index is 12.4. The van der Waals surface area contributed by atoms with E-state index in [0.29, 0.717) is 16.5 Å². The van der Waals surface area contributed by atoms with Crippen LogP contribution in [-0.4, -0.2) is 23.6 Å². The lowest BCUT2D eigenvalue weighted by molar-refractivity contribution is 0.600. The van der Waals surface area contributed by atoms with Crippen LogP contribution >= 0.6 is 11.3 Å². The number of thiazole rings is 1. The number of hydrogen-bond donors (Lipinski definition) is 2. The number of benzene rings is 1. The largest absolute Gasteiger partial charge is 0.281 e. The molecule has 0 bridgehead atoms. The first-order valence-corrected chi connectivity index (χ1v) is 8.17. The number of nitrogens with one attached hydrogen (secondary N) is 2. The van der Waals surface area contributed by atoms with Gasteiger partial charge in [-0.15, -0.1) is 0 Å². The molecule has 0 saturated heterocycles. The number of aryl methyl sites for hydroxylation is 2. The Kier molecular flexibility index (Phi) is 2.98. The van der Waals surface area contributed by atoms with Crippen LogP contribution in [0.4, 0.5) is 5.13 Å². The van der Waals surface area contributed by atoms with Gasteiger partial charge in [0.25, 0.3) is 10.0 Å². The van der Waals surface area contributed by atoms with Gasteiger partial charge in [-0.25, -0.2) is 13.4 Å². The Hall–Kier alpha value is -1.93. The van der Waals surface area contributed by atoms with Gasteiger partial charge in [0.15, 0.2) is 5.13 Å². The van der Waals surface area contributed by atoms with Crippen LogP contribution in [0.5, 0.6) is 0 Å². The number of H-pyrrole nitrogens is 1. The van der Waals surface area contributed by atoms with E-state index in [0.717, 1.165) is 10.2 Å². The molecule has 2 aromatic heterocycles. The molecular formula is C12H12N4O2S2. The Labute approximate surface area is 119 Å². The quantitative estimate of drug-likeness (QED) is 0.778. The lowest BCUT2D eigenvalue weighted by Gasteiger charge is -2.04. The molecule has 0 spiro atoms. The second-order valence-corrected chi connectivity index (χ2v) is 7.01. The maximum atomic E-state index is 12.4. The molecule has 3 rings (SSSR count). The number of anilines is 1. The molecule has 0 aliphatic heterocycles. The van der Waals surface area contributed by atoms with Gasteiger partial charge in [-0.1, -0.05) is 23.5 Å². The molecule has 0 saturated carbocycles. The number of sulfonamides is 1. The van der Waals surface area contributed by atoms with E-state index in [4.69, 9.17) is 0 Å². The zero-order valence-electron chi connectivity index (χ0n) is 10.8. The van der Waals surface area contributed by atoms with Gasteiger partial charge in [-0.05, 0) is 26.0 Å². The highest BCUT2D eigenvalue weighted by Crippen LogP contribution is 2.28. The average Bonchev–Trinajstić information content (AvgIpc) is 2.91. The molecular weight excluding hydrogens is 296 g/mol. The van der Waals surface area contributed by atoms with Crippen molar-refractivity contribution >= 4 is 36.7 Å². The SMILES string of the molecule is Cc1n[nH]c(C)c1S(=O)(=O)Nc1nc2ccccc2s1. The topological polar surface area (TPSA) is 87.7 Å². The zero-order chi connectivity index (χ0) is 14.3. The summed E-state index contributed by atoms with van der Waals surface area (Å²) in [6.07, 6.45) is 0. The van der Waals surface area contributed by atoms with E-state index in [1.54, 1.807) is 13.8 Å². The van der Waals surface area contributed by atoms with Gasteiger partial charge >= 0.3 is 0 Å². The Bertz CT molecular complexity index is 827. The fourth-order valence-corrected chi connectivity index (χ4v) is 4.49. The summed E-state index contributed by atoms with van der Waals surface area (Å²) in [5.74, 6) is 0. The van der Waals surface area contributed by atoms with Crippen molar-refractivity contribution in [2.24, 2.45) is 0 Å². The predicted molar refractivity (Wildman–Crippen MR) is 78.5 cm³/mol. The van der Waals surface area contributed by atoms with Crippen molar-refractivity contribution in [3.05, 3.63) is 35.7 Å². The Balaban J connectivity index is 2.01. The number of nitrogens with zero attached hydrogens (tertiary/aromatic N) is 2. The van der Waals surface area contributed by atoms with E-state index in [9.17, 15) is 8.42 Å². The normalized spacial score (nSPS) is 11.9. The van der Waals surface area contributed by atoms with E-state index < -0.39 is 10.0 Å². The molecule has 6 nitrogen and oxygen atoms in total. The van der Waals surface area contributed by atoms with Gasteiger partial charge in [-0.2, -0.15) is 5.10 Å². The van der Waals surface area contributed by atoms with Crippen molar-refractivity contribution < 1.29 is 8.42 Å². The molecule has 0 aliphatic rings. The van der Waals surface area contributed by atoms with Gasteiger partial charge in [0.2, 0.25) is 0 Å². The van der Waals surface area contributed by atoms with Gasteiger partial charge in [0.05, 0.1) is 21.6 Å². The monoisotopic (exact) mass is 308 g/mol. The molecule has 20 heavy (non-hydrogen) atoms. The van der Waals surface area contributed by atoms with E-state index in [1.807, 2.05) is 24.3 Å². The third-order valence-corrected chi connectivity index (χ3v) is 5.53. The molecule has 0 fully saturated rings. The number of para-hydroxylation sites is 1. The van der Waals surface area contributed by atoms with Crippen LogP contribution in [-0.2, 0) is 10.0 Å². The van der Waals surface area contributed by atoms with Crippen molar-refractivity contribution in [3.63, 3.8) is 0 Å². The predicted octanol–water partition coefficient (Wildman–Crippen LogP) is 2.44. The number of aromatic amines is 1. The molecule has 104 valence electrons. The van der Waals surface area contributed by atoms with Crippen molar-refractivity contribution in [1.29, 1.82) is 0 Å². The minimum Gasteiger partial charge on any atom is -0.281 e. The second-order valence-electron chi connectivity index (χ2n) is 4.36. The second kappa shape index (κ2) is 4.57. The van der Waals surface area contributed by atoms with Crippen LogP contribution in [0.15, 0.2) is 29.2 Å². The molecule has 3 aromatic rings. The summed E-state index contributed by atoms with van der Waals surface area (Å²) in [5.41, 5.74) is 1.73. The Morgan fingerprint density at radius 3 is 2.65 bits per heavy atom. The van der Waals surface area contributed by atoms with Crippen LogP contribution in [0.2, 0.25) is 0 Å². The summed E-state index contributed by atoms with van der Waals surface area (Å²) >= 11 is 1.30. The van der Waals surface area contributed by atoms with Crippen molar-refractivity contribution in [2.75, 3.05) is 4.72 Å². The summed E-state index contributed by atoms with van der Waals surface area (Å²) in [5, 5.41) is 6.93. The highest BCUT2D eigenvalue weighted by molar-refractivity contribution is 7.93. The summed E-state index contributed by atoms with van der Waals surface area (Å²) in [6, 6.07) is 7.50. The van der Waals surface area contributed by atoms with Crippen LogP contribution < -0.4 is 4.72 Å². The first-order valence-electron chi connectivity index (χ1n) is 5.87. The Morgan fingerprint density at radius 1 is 1.25 bits per heavy atom. The zero-order valence-corrected chi connectivity index (χ0v) is 12.5. The third-order valence-electron chi connectivity index (χ3n) is 2.84. The molecule has 2 heterocycles. The van der Waals surface area contributed by atoms with Crippen LogP contribution in [0, 0.1) is 13.8 Å². The van der Waals surface area contributed by atoms with Crippen LogP contribution in [0.1, 0.15) is 11.4 Å². The molecule has 0 amide bonds. The molecule has 0 radical (unpaired) electrons. The molecule has 0 aliphatic carbocycles. The third kappa shape index (κ3) is 2.16. The van der Waals surface area contributed by atoms with Gasteiger partial charge in [-0.3, -0.25) is 9.82 Å². The lowest BCUT2D eigenvalue weighted by atomic mass is 10.3. The standard InChI is InChI=1S/C12H12N4O2S2/c1-7-11(8(2)15-14-7)20(17,18)16-12-13-9-5-3-4-6-10(9)19-12/h3-6H,1-2H3,(H,13,16)(H,14,15). The number of aromatic nitrogens is 3. The van der Waals surface area contributed by atoms with E-state index in [1.165, 1.54) is 11.3 Å². The fraction of sp³-hybridized carbons (Fsp3) is 0.167. The highest BCUT2D eigenvalue weighted by Gasteiger charge is 2.23. The molecule has 8 heteroatoms. The summed E-state index contributed by atoms with van der Waals surface area (Å²) < 4.78 is 28.2. The molecule has 0 unspecified atom stereocenters. The van der Waals surface area contributed by atoms with Crippen LogP contribution in [0.3, 0.4) is 0 Å². The minimum atomic E-state index is -3.67. The average molecular weight is 308 g/mol. The van der Waals surface area contributed by atoms with E-state index in [2.05, 4.69) is 19.9 Å². The number of fused-ring (bicyclic) bond motifs is 1. The minimum absolute atomic E-state index is 0.178. The molecule has 2 N–H and O–H groups in total. The summed E-state index contributed by atoms with van der Waals surface area (Å²) in [7, 11) is -3.67. The van der Waals surface area contributed by atoms with E-state index in [-0.39, 0.29) is 4.90 Å². The number of rotatable bonds is 3. The highest BCUT2D eigenvalue weighted by atomic mass is 32.2. The van der Waals surface area contributed by atoms with Crippen LogP contribution in [0.25, 0.3) is 10.2 Å². The Morgan fingerprint density at radius 2 is 2.00 bits per heavy atom. The lowest BCUT2D eigenvalue weighted by Crippen LogP contribution is -2.14. The molecule has 0 atom stereocenters. The number of hydrogen-bond acceptors (Lipinski definition) is 5. The summed E-state index contributed by atoms with van der Waals surface area (Å²) in [4.78, 5) is 4.44. The fourth-order valence-electron chi connectivity index (χ4n) is 2.02. The van der Waals surface area contributed by atoms with Crippen molar-refractivity contribution in [2.45, 2.75) is 18.7 Å². The van der Waals surface area contributed by atoms with Gasteiger partial charge < -0.3 is 0 Å². The van der Waals surface area contributed by atoms with E-state index >= 15 is 0 Å². The van der Waals surface area contributed by atoms with Crippen molar-refractivity contribution in [1.82, 2.24) is 15.2 Å². The first-order chi connectivity index (χ1) is 9.47. The van der Waals surface area contributed by atoms with Gasteiger partial charge in [0, 0.05) is 0 Å². The summed E-state index contributed by atoms with van der Waals surface area (Å²) in [6.45, 7) is 3.32. The molecule has 1 aromatic carbocycles.